The number of pyridine rings is 1. The highest BCUT2D eigenvalue weighted by atomic mass is 19.1. The molecule has 3 aromatic carbocycles. The molecule has 29 heavy (non-hydrogen) atoms. The number of para-hydroxylation sites is 1. The van der Waals surface area contributed by atoms with Gasteiger partial charge in [-0.05, 0) is 43.3 Å². The molecule has 0 aliphatic carbocycles. The number of carbonyl (C=O) groups excluding carboxylic acids is 1. The molecule has 5 heteroatoms. The van der Waals surface area contributed by atoms with Crippen LogP contribution in [0.25, 0.3) is 22.2 Å². The fourth-order valence-electron chi connectivity index (χ4n) is 3.01. The topological polar surface area (TPSA) is 51.2 Å². The van der Waals surface area contributed by atoms with Crippen LogP contribution in [0.2, 0.25) is 0 Å². The minimum Gasteiger partial charge on any atom is -0.483 e. The molecule has 1 amide bonds. The summed E-state index contributed by atoms with van der Waals surface area (Å²) in [6.45, 7) is 1.87. The Morgan fingerprint density at radius 3 is 2.48 bits per heavy atom. The van der Waals surface area contributed by atoms with E-state index in [-0.39, 0.29) is 18.3 Å². The van der Waals surface area contributed by atoms with E-state index in [4.69, 9.17) is 9.72 Å². The second-order valence-corrected chi connectivity index (χ2v) is 6.73. The van der Waals surface area contributed by atoms with E-state index in [1.807, 2.05) is 61.5 Å². The second-order valence-electron chi connectivity index (χ2n) is 6.73. The summed E-state index contributed by atoms with van der Waals surface area (Å²) in [6, 6.07) is 23.2. The molecule has 1 heterocycles. The fraction of sp³-hybridized carbons (Fsp3) is 0.0833. The maximum Gasteiger partial charge on any atom is 0.262 e. The van der Waals surface area contributed by atoms with Crippen LogP contribution >= 0.6 is 0 Å². The molecule has 0 aliphatic heterocycles. The number of fused-ring (bicyclic) bond motifs is 1. The number of nitrogens with zero attached hydrogens (tertiary/aromatic N) is 1. The first-order valence-corrected chi connectivity index (χ1v) is 9.23. The summed E-state index contributed by atoms with van der Waals surface area (Å²) in [5.41, 5.74) is 4.22. The van der Waals surface area contributed by atoms with Crippen molar-refractivity contribution < 1.29 is 13.9 Å². The predicted octanol–water partition coefficient (Wildman–Crippen LogP) is 5.37. The van der Waals surface area contributed by atoms with Crippen LogP contribution in [0, 0.1) is 12.7 Å². The van der Waals surface area contributed by atoms with E-state index in [9.17, 15) is 9.18 Å². The smallest absolute Gasteiger partial charge is 0.262 e. The summed E-state index contributed by atoms with van der Waals surface area (Å²) in [5, 5.41) is 3.53. The number of carbonyl (C=O) groups is 1. The highest BCUT2D eigenvalue weighted by Gasteiger charge is 2.11. The van der Waals surface area contributed by atoms with Crippen LogP contribution in [0.3, 0.4) is 0 Å². The third kappa shape index (κ3) is 4.41. The van der Waals surface area contributed by atoms with Crippen LogP contribution in [0.4, 0.5) is 10.1 Å². The zero-order chi connectivity index (χ0) is 20.2. The molecule has 0 spiro atoms. The monoisotopic (exact) mass is 386 g/mol. The summed E-state index contributed by atoms with van der Waals surface area (Å²) in [6.07, 6.45) is 0. The Labute approximate surface area is 168 Å². The van der Waals surface area contributed by atoms with E-state index in [1.165, 1.54) is 29.8 Å². The minimum atomic E-state index is -0.355. The number of hydrogen-bond donors (Lipinski definition) is 1. The molecule has 0 unspecified atom stereocenters. The van der Waals surface area contributed by atoms with E-state index < -0.39 is 0 Å². The number of halogens is 1. The van der Waals surface area contributed by atoms with Gasteiger partial charge in [-0.2, -0.15) is 0 Å². The van der Waals surface area contributed by atoms with Gasteiger partial charge in [-0.1, -0.05) is 42.0 Å². The molecule has 1 aromatic heterocycles. The molecule has 144 valence electrons. The third-order valence-corrected chi connectivity index (χ3v) is 4.51. The average molecular weight is 386 g/mol. The molecule has 1 N–H and O–H groups in total. The molecule has 0 saturated carbocycles. The lowest BCUT2D eigenvalue weighted by Gasteiger charge is -2.12. The Balaban J connectivity index is 1.57. The third-order valence-electron chi connectivity index (χ3n) is 4.51. The first-order chi connectivity index (χ1) is 14.1. The quantitative estimate of drug-likeness (QED) is 0.502. The molecule has 4 aromatic rings. The van der Waals surface area contributed by atoms with Gasteiger partial charge in [0.2, 0.25) is 0 Å². The Morgan fingerprint density at radius 1 is 1.00 bits per heavy atom. The predicted molar refractivity (Wildman–Crippen MR) is 112 cm³/mol. The van der Waals surface area contributed by atoms with Gasteiger partial charge in [-0.15, -0.1) is 0 Å². The molecule has 4 nitrogen and oxygen atoms in total. The molecule has 0 atom stereocenters. The first-order valence-electron chi connectivity index (χ1n) is 9.23. The van der Waals surface area contributed by atoms with Crippen molar-refractivity contribution in [1.29, 1.82) is 0 Å². The number of ether oxygens (including phenoxy) is 1. The summed E-state index contributed by atoms with van der Waals surface area (Å²) < 4.78 is 18.8. The van der Waals surface area contributed by atoms with Crippen molar-refractivity contribution in [2.75, 3.05) is 11.9 Å². The number of benzene rings is 3. The Hall–Kier alpha value is -3.73. The molecular weight excluding hydrogens is 367 g/mol. The summed E-state index contributed by atoms with van der Waals surface area (Å²) >= 11 is 0. The summed E-state index contributed by atoms with van der Waals surface area (Å²) in [5.74, 6) is -0.0963. The van der Waals surface area contributed by atoms with Crippen molar-refractivity contribution in [2.24, 2.45) is 0 Å². The first kappa shape index (κ1) is 18.6. The normalized spacial score (nSPS) is 10.7. The van der Waals surface area contributed by atoms with Crippen LogP contribution in [-0.4, -0.2) is 17.5 Å². The van der Waals surface area contributed by atoms with Gasteiger partial charge >= 0.3 is 0 Å². The number of hydrogen-bond acceptors (Lipinski definition) is 3. The SMILES string of the molecule is Cc1ccc(-c2cc(OCC(=O)Nc3ccc(F)cc3)c3ccccc3n2)cc1. The van der Waals surface area contributed by atoms with E-state index in [1.54, 1.807) is 0 Å². The lowest BCUT2D eigenvalue weighted by Crippen LogP contribution is -2.20. The maximum absolute atomic E-state index is 13.0. The fourth-order valence-corrected chi connectivity index (χ4v) is 3.01. The Kier molecular flexibility index (Phi) is 5.20. The number of amides is 1. The van der Waals surface area contributed by atoms with Crippen LogP contribution in [-0.2, 0) is 4.79 Å². The van der Waals surface area contributed by atoms with E-state index >= 15 is 0 Å². The number of aromatic nitrogens is 1. The van der Waals surface area contributed by atoms with Crippen molar-refractivity contribution in [3.05, 3.63) is 90.2 Å². The van der Waals surface area contributed by atoms with E-state index in [0.29, 0.717) is 11.4 Å². The molecule has 0 bridgehead atoms. The van der Waals surface area contributed by atoms with Crippen LogP contribution in [0.15, 0.2) is 78.9 Å². The summed E-state index contributed by atoms with van der Waals surface area (Å²) in [7, 11) is 0. The highest BCUT2D eigenvalue weighted by Crippen LogP contribution is 2.30. The van der Waals surface area contributed by atoms with Gasteiger partial charge in [0.1, 0.15) is 11.6 Å². The van der Waals surface area contributed by atoms with Gasteiger partial charge in [0.25, 0.3) is 5.91 Å². The Morgan fingerprint density at radius 2 is 1.72 bits per heavy atom. The van der Waals surface area contributed by atoms with E-state index in [2.05, 4.69) is 5.32 Å². The van der Waals surface area contributed by atoms with Gasteiger partial charge in [-0.25, -0.2) is 9.37 Å². The molecule has 0 fully saturated rings. The van der Waals surface area contributed by atoms with Crippen molar-refractivity contribution >= 4 is 22.5 Å². The zero-order valence-corrected chi connectivity index (χ0v) is 15.9. The number of rotatable bonds is 5. The lowest BCUT2D eigenvalue weighted by molar-refractivity contribution is -0.118. The van der Waals surface area contributed by atoms with Crippen LogP contribution in [0.5, 0.6) is 5.75 Å². The lowest BCUT2D eigenvalue weighted by atomic mass is 10.1. The second kappa shape index (κ2) is 8.10. The summed E-state index contributed by atoms with van der Waals surface area (Å²) in [4.78, 5) is 17.0. The largest absolute Gasteiger partial charge is 0.483 e. The van der Waals surface area contributed by atoms with Crippen LogP contribution < -0.4 is 10.1 Å². The van der Waals surface area contributed by atoms with Crippen molar-refractivity contribution in [3.63, 3.8) is 0 Å². The average Bonchev–Trinajstić information content (AvgIpc) is 2.74. The minimum absolute atomic E-state index is 0.168. The number of nitrogens with one attached hydrogen (secondary N) is 1. The van der Waals surface area contributed by atoms with Gasteiger partial charge in [0, 0.05) is 22.7 Å². The Bertz CT molecular complexity index is 1160. The molecule has 0 saturated heterocycles. The van der Waals surface area contributed by atoms with Crippen molar-refractivity contribution in [3.8, 4) is 17.0 Å². The standard InChI is InChI=1S/C24H19FN2O2/c1-16-6-8-17(9-7-16)22-14-23(20-4-2-3-5-21(20)27-22)29-15-24(28)26-19-12-10-18(25)11-13-19/h2-14H,15H2,1H3,(H,26,28). The highest BCUT2D eigenvalue weighted by molar-refractivity contribution is 5.93. The van der Waals surface area contributed by atoms with Crippen molar-refractivity contribution in [2.45, 2.75) is 6.92 Å². The van der Waals surface area contributed by atoms with Crippen molar-refractivity contribution in [1.82, 2.24) is 4.98 Å². The zero-order valence-electron chi connectivity index (χ0n) is 15.9. The van der Waals surface area contributed by atoms with Gasteiger partial charge < -0.3 is 10.1 Å². The molecule has 0 aliphatic rings. The van der Waals surface area contributed by atoms with Gasteiger partial charge in [-0.3, -0.25) is 4.79 Å². The van der Waals surface area contributed by atoms with Crippen LogP contribution in [0.1, 0.15) is 5.56 Å². The maximum atomic E-state index is 13.0. The van der Waals surface area contributed by atoms with E-state index in [0.717, 1.165) is 22.2 Å². The number of aryl methyl sites for hydroxylation is 1. The molecule has 4 rings (SSSR count). The number of anilines is 1. The van der Waals surface area contributed by atoms with Gasteiger partial charge in [0.15, 0.2) is 6.61 Å². The molecule has 0 radical (unpaired) electrons. The molecular formula is C24H19FN2O2. The van der Waals surface area contributed by atoms with Gasteiger partial charge in [0.05, 0.1) is 11.2 Å².